The van der Waals surface area contributed by atoms with Gasteiger partial charge in [0, 0.05) is 0 Å². The zero-order chi connectivity index (χ0) is 12.2. The van der Waals surface area contributed by atoms with Gasteiger partial charge in [0.2, 0.25) is 0 Å². The van der Waals surface area contributed by atoms with Gasteiger partial charge >= 0.3 is 13.6 Å². The van der Waals surface area contributed by atoms with Crippen LogP contribution in [0, 0.1) is 0 Å². The molecule has 0 rings (SSSR count). The molecule has 0 saturated heterocycles. The van der Waals surface area contributed by atoms with Crippen molar-refractivity contribution in [3.63, 3.8) is 0 Å². The van der Waals surface area contributed by atoms with E-state index in [1.165, 1.54) is 6.92 Å². The maximum atomic E-state index is 10.8. The van der Waals surface area contributed by atoms with E-state index in [1.54, 1.807) is 0 Å². The number of carboxylic acid groups (broad SMARTS) is 1. The summed E-state index contributed by atoms with van der Waals surface area (Å²) in [6, 6.07) is -1.46. The highest BCUT2D eigenvalue weighted by molar-refractivity contribution is 7.52. The number of rotatable bonds is 6. The molecule has 0 radical (unpaired) electrons. The molecule has 3 atom stereocenters. The maximum absolute atomic E-state index is 10.8. The predicted octanol–water partition coefficient (Wildman–Crippen LogP) is -0.900. The Balaban J connectivity index is 4.72. The third kappa shape index (κ3) is 4.55. The molecule has 8 heteroatoms. The molecule has 0 bridgehead atoms. The Morgan fingerprint density at radius 3 is 2.20 bits per heavy atom. The molecule has 0 aromatic carbocycles. The van der Waals surface area contributed by atoms with Crippen LogP contribution < -0.4 is 5.32 Å². The van der Waals surface area contributed by atoms with Gasteiger partial charge in [0.1, 0.15) is 11.8 Å². The van der Waals surface area contributed by atoms with Gasteiger partial charge in [-0.05, 0) is 6.92 Å². The first kappa shape index (κ1) is 14.3. The lowest BCUT2D eigenvalue weighted by atomic mass is 10.2. The first-order valence-electron chi connectivity index (χ1n) is 4.04. The fraction of sp³-hybridized carbons (Fsp3) is 0.571. The number of aliphatic hydroxyl groups excluding tert-OH is 1. The second-order valence-electron chi connectivity index (χ2n) is 2.99. The molecular formula is C7H14NO6P. The SMILES string of the molecule is C=CC(N[C@H](C(=O)O)[C@@H](C)O)P(=O)(O)O. The summed E-state index contributed by atoms with van der Waals surface area (Å²) in [5, 5.41) is 19.8. The molecule has 0 fully saturated rings. The van der Waals surface area contributed by atoms with Crippen molar-refractivity contribution in [1.82, 2.24) is 5.32 Å². The Morgan fingerprint density at radius 2 is 2.00 bits per heavy atom. The van der Waals surface area contributed by atoms with E-state index >= 15 is 0 Å². The molecule has 0 aliphatic heterocycles. The van der Waals surface area contributed by atoms with Crippen molar-refractivity contribution in [2.75, 3.05) is 0 Å². The standard InChI is InChI=1S/C7H14NO6P/c1-3-5(15(12,13)14)8-6(4(2)9)7(10)11/h3-6,8-9H,1H2,2H3,(H,10,11)(H2,12,13,14)/t4-,5?,6+/m1/s1. The molecule has 0 aromatic heterocycles. The Labute approximate surface area is 86.6 Å². The molecule has 1 unspecified atom stereocenters. The smallest absolute Gasteiger partial charge is 0.346 e. The maximum Gasteiger partial charge on any atom is 0.346 e. The van der Waals surface area contributed by atoms with E-state index in [2.05, 4.69) is 11.9 Å². The third-order valence-electron chi connectivity index (χ3n) is 1.68. The summed E-state index contributed by atoms with van der Waals surface area (Å²) in [7, 11) is -4.51. The molecular weight excluding hydrogens is 225 g/mol. The van der Waals surface area contributed by atoms with Crippen LogP contribution in [0.5, 0.6) is 0 Å². The molecule has 7 nitrogen and oxygen atoms in total. The molecule has 0 aromatic rings. The topological polar surface area (TPSA) is 127 Å². The third-order valence-corrected chi connectivity index (χ3v) is 2.77. The molecule has 88 valence electrons. The average molecular weight is 239 g/mol. The molecule has 0 amide bonds. The molecule has 0 heterocycles. The van der Waals surface area contributed by atoms with Crippen molar-refractivity contribution in [3.8, 4) is 0 Å². The molecule has 0 spiro atoms. The number of aliphatic hydroxyl groups is 1. The second-order valence-corrected chi connectivity index (χ2v) is 4.73. The van der Waals surface area contributed by atoms with Crippen LogP contribution in [0.15, 0.2) is 12.7 Å². The van der Waals surface area contributed by atoms with Crippen LogP contribution in [0.4, 0.5) is 0 Å². The summed E-state index contributed by atoms with van der Waals surface area (Å²) in [5.41, 5.74) is 0. The van der Waals surface area contributed by atoms with Crippen LogP contribution >= 0.6 is 7.60 Å². The summed E-state index contributed by atoms with van der Waals surface area (Å²) in [6.07, 6.45) is -0.379. The lowest BCUT2D eigenvalue weighted by Gasteiger charge is -2.23. The minimum absolute atomic E-state index is 0.902. The Kier molecular flexibility index (Phi) is 5.13. The van der Waals surface area contributed by atoms with E-state index in [1.807, 2.05) is 0 Å². The van der Waals surface area contributed by atoms with E-state index in [0.29, 0.717) is 0 Å². The van der Waals surface area contributed by atoms with Gasteiger partial charge in [-0.25, -0.2) is 0 Å². The van der Waals surface area contributed by atoms with E-state index in [9.17, 15) is 9.36 Å². The summed E-state index contributed by atoms with van der Waals surface area (Å²) in [5.74, 6) is -2.89. The number of nitrogens with one attached hydrogen (secondary N) is 1. The van der Waals surface area contributed by atoms with Gasteiger partial charge in [-0.1, -0.05) is 6.08 Å². The second kappa shape index (κ2) is 5.39. The molecule has 0 aliphatic carbocycles. The summed E-state index contributed by atoms with van der Waals surface area (Å²) >= 11 is 0. The minimum Gasteiger partial charge on any atom is -0.480 e. The lowest BCUT2D eigenvalue weighted by Crippen LogP contribution is -2.48. The van der Waals surface area contributed by atoms with Crippen molar-refractivity contribution in [1.29, 1.82) is 0 Å². The quantitative estimate of drug-likeness (QED) is 0.300. The highest BCUT2D eigenvalue weighted by Crippen LogP contribution is 2.40. The van der Waals surface area contributed by atoms with Crippen LogP contribution in [-0.4, -0.2) is 43.9 Å². The molecule has 0 saturated carbocycles. The van der Waals surface area contributed by atoms with Gasteiger partial charge in [0.15, 0.2) is 0 Å². The number of carbonyl (C=O) groups is 1. The van der Waals surface area contributed by atoms with Gasteiger partial charge in [0.05, 0.1) is 6.10 Å². The van der Waals surface area contributed by atoms with Crippen molar-refractivity contribution >= 4 is 13.6 Å². The Hall–Kier alpha value is -0.720. The average Bonchev–Trinajstić information content (AvgIpc) is 2.01. The zero-order valence-electron chi connectivity index (χ0n) is 8.07. The molecule has 5 N–H and O–H groups in total. The Bertz CT molecular complexity index is 285. The van der Waals surface area contributed by atoms with E-state index in [4.69, 9.17) is 20.0 Å². The van der Waals surface area contributed by atoms with Gasteiger partial charge < -0.3 is 20.0 Å². The summed E-state index contributed by atoms with van der Waals surface area (Å²) in [4.78, 5) is 28.2. The highest BCUT2D eigenvalue weighted by atomic mass is 31.2. The number of carboxylic acids is 1. The lowest BCUT2D eigenvalue weighted by molar-refractivity contribution is -0.142. The van der Waals surface area contributed by atoms with Crippen LogP contribution in [0.3, 0.4) is 0 Å². The minimum atomic E-state index is -4.51. The summed E-state index contributed by atoms with van der Waals surface area (Å²) in [6.45, 7) is 4.37. The predicted molar refractivity (Wildman–Crippen MR) is 52.3 cm³/mol. The first-order chi connectivity index (χ1) is 6.70. The normalized spacial score (nSPS) is 17.9. The van der Waals surface area contributed by atoms with Gasteiger partial charge in [-0.3, -0.25) is 14.7 Å². The van der Waals surface area contributed by atoms with Crippen molar-refractivity contribution in [2.24, 2.45) is 0 Å². The van der Waals surface area contributed by atoms with Crippen LogP contribution in [0.1, 0.15) is 6.92 Å². The van der Waals surface area contributed by atoms with Crippen LogP contribution in [0.25, 0.3) is 0 Å². The first-order valence-corrected chi connectivity index (χ1v) is 5.73. The van der Waals surface area contributed by atoms with Gasteiger partial charge in [-0.15, -0.1) is 6.58 Å². The van der Waals surface area contributed by atoms with Crippen LogP contribution in [0.2, 0.25) is 0 Å². The summed E-state index contributed by atoms with van der Waals surface area (Å²) < 4.78 is 10.8. The van der Waals surface area contributed by atoms with Gasteiger partial charge in [-0.2, -0.15) is 0 Å². The fourth-order valence-corrected chi connectivity index (χ4v) is 1.53. The van der Waals surface area contributed by atoms with Crippen molar-refractivity contribution < 1.29 is 29.4 Å². The van der Waals surface area contributed by atoms with Crippen molar-refractivity contribution in [3.05, 3.63) is 12.7 Å². The fourth-order valence-electron chi connectivity index (χ4n) is 0.903. The molecule has 0 aliphatic rings. The number of hydrogen-bond acceptors (Lipinski definition) is 4. The van der Waals surface area contributed by atoms with E-state index in [-0.39, 0.29) is 0 Å². The highest BCUT2D eigenvalue weighted by Gasteiger charge is 2.32. The van der Waals surface area contributed by atoms with Crippen LogP contribution in [-0.2, 0) is 9.36 Å². The molecule has 15 heavy (non-hydrogen) atoms. The zero-order valence-corrected chi connectivity index (χ0v) is 8.96. The largest absolute Gasteiger partial charge is 0.480 e. The number of aliphatic carboxylic acids is 1. The van der Waals surface area contributed by atoms with E-state index in [0.717, 1.165) is 6.08 Å². The van der Waals surface area contributed by atoms with Crippen molar-refractivity contribution in [2.45, 2.75) is 24.9 Å². The van der Waals surface area contributed by atoms with E-state index < -0.39 is 31.5 Å². The monoisotopic (exact) mass is 239 g/mol. The number of hydrogen-bond donors (Lipinski definition) is 5. The van der Waals surface area contributed by atoms with Gasteiger partial charge in [0.25, 0.3) is 0 Å². The Morgan fingerprint density at radius 1 is 1.53 bits per heavy atom.